The molecule has 1 saturated heterocycles. The van der Waals surface area contributed by atoms with E-state index in [-0.39, 0.29) is 17.0 Å². The van der Waals surface area contributed by atoms with Gasteiger partial charge in [0, 0.05) is 44.6 Å². The van der Waals surface area contributed by atoms with Crippen molar-refractivity contribution in [3.63, 3.8) is 0 Å². The first-order valence-electron chi connectivity index (χ1n) is 9.84. The van der Waals surface area contributed by atoms with E-state index in [9.17, 15) is 14.0 Å². The van der Waals surface area contributed by atoms with Crippen molar-refractivity contribution in [3.8, 4) is 0 Å². The van der Waals surface area contributed by atoms with Crippen molar-refractivity contribution in [3.05, 3.63) is 63.1 Å². The predicted molar refractivity (Wildman–Crippen MR) is 102 cm³/mol. The molecule has 3 aliphatic heterocycles. The Morgan fingerprint density at radius 1 is 1.21 bits per heavy atom. The molecule has 0 N–H and O–H groups in total. The van der Waals surface area contributed by atoms with Crippen LogP contribution in [0.1, 0.15) is 40.3 Å². The third-order valence-corrected chi connectivity index (χ3v) is 6.47. The van der Waals surface area contributed by atoms with E-state index in [1.807, 2.05) is 11.6 Å². The van der Waals surface area contributed by atoms with E-state index in [0.29, 0.717) is 25.2 Å². The third kappa shape index (κ3) is 2.60. The maximum atomic E-state index is 13.5. The van der Waals surface area contributed by atoms with Crippen molar-refractivity contribution >= 4 is 5.91 Å². The van der Waals surface area contributed by atoms with Gasteiger partial charge in [-0.05, 0) is 38.1 Å². The number of hydrogen-bond donors (Lipinski definition) is 0. The topological polar surface area (TPSA) is 58.4 Å². The normalized spacial score (nSPS) is 23.9. The van der Waals surface area contributed by atoms with Crippen molar-refractivity contribution in [2.75, 3.05) is 26.7 Å². The minimum Gasteiger partial charge on any atom is -0.336 e. The summed E-state index contributed by atoms with van der Waals surface area (Å²) in [7, 11) is 2.02. The lowest BCUT2D eigenvalue weighted by Crippen LogP contribution is -2.45. The van der Waals surface area contributed by atoms with E-state index in [4.69, 9.17) is 4.98 Å². The number of benzene rings is 1. The molecular formula is C21H23FN4O2. The van der Waals surface area contributed by atoms with Gasteiger partial charge in [0.2, 0.25) is 0 Å². The van der Waals surface area contributed by atoms with Crippen LogP contribution in [-0.4, -0.2) is 51.9 Å². The van der Waals surface area contributed by atoms with Crippen LogP contribution in [0.25, 0.3) is 0 Å². The lowest BCUT2D eigenvalue weighted by Gasteiger charge is -2.30. The first kappa shape index (κ1) is 17.6. The van der Waals surface area contributed by atoms with Crippen LogP contribution in [0.3, 0.4) is 0 Å². The number of likely N-dealkylation sites (tertiary alicyclic amines) is 1. The van der Waals surface area contributed by atoms with Crippen molar-refractivity contribution in [1.82, 2.24) is 19.4 Å². The third-order valence-electron chi connectivity index (χ3n) is 6.47. The number of likely N-dealkylation sites (N-methyl/N-ethyl adjacent to an activating group) is 1. The number of carbonyl (C=O) groups is 1. The fourth-order valence-corrected chi connectivity index (χ4v) is 4.99. The summed E-state index contributed by atoms with van der Waals surface area (Å²) >= 11 is 0. The molecule has 1 aromatic carbocycles. The Balaban J connectivity index is 1.49. The number of halogens is 1. The van der Waals surface area contributed by atoms with Crippen LogP contribution in [0.2, 0.25) is 0 Å². The molecule has 0 radical (unpaired) electrons. The molecule has 3 aliphatic rings. The van der Waals surface area contributed by atoms with Crippen LogP contribution in [-0.2, 0) is 24.9 Å². The number of nitrogens with zero attached hydrogens (tertiary/aromatic N) is 4. The van der Waals surface area contributed by atoms with Crippen molar-refractivity contribution in [2.24, 2.45) is 0 Å². The molecule has 1 spiro atoms. The van der Waals surface area contributed by atoms with Gasteiger partial charge in [-0.1, -0.05) is 6.07 Å². The molecule has 5 rings (SSSR count). The minimum absolute atomic E-state index is 0.0594. The maximum Gasteiger partial charge on any atom is 0.258 e. The molecule has 7 heteroatoms. The standard InChI is InChI=1S/C21H23FN4O2/c1-24-9-6-17-16(12-24)20(28)26-18(23-17)5-7-21(26)8-10-25(13-21)19(27)14-3-2-4-15(22)11-14/h2-4,11H,5-10,12-13H2,1H3. The summed E-state index contributed by atoms with van der Waals surface area (Å²) in [6.45, 7) is 2.59. The summed E-state index contributed by atoms with van der Waals surface area (Å²) in [5.41, 5.74) is 1.77. The highest BCUT2D eigenvalue weighted by Crippen LogP contribution is 2.39. The number of hydrogen-bond acceptors (Lipinski definition) is 4. The zero-order chi connectivity index (χ0) is 19.5. The largest absolute Gasteiger partial charge is 0.336 e. The molecule has 146 valence electrons. The Kier molecular flexibility index (Phi) is 3.91. The van der Waals surface area contributed by atoms with Crippen LogP contribution in [0.15, 0.2) is 29.1 Å². The van der Waals surface area contributed by atoms with Crippen LogP contribution < -0.4 is 5.56 Å². The van der Waals surface area contributed by atoms with Gasteiger partial charge < -0.3 is 9.80 Å². The van der Waals surface area contributed by atoms with E-state index >= 15 is 0 Å². The Bertz CT molecular complexity index is 1030. The minimum atomic E-state index is -0.415. The monoisotopic (exact) mass is 382 g/mol. The maximum absolute atomic E-state index is 13.5. The molecule has 2 aromatic rings. The SMILES string of the molecule is CN1CCc2nc3n(c(=O)c2C1)C1(CC3)CCN(C(=O)c2cccc(F)c2)C1. The van der Waals surface area contributed by atoms with E-state index in [2.05, 4.69) is 4.90 Å². The molecule has 28 heavy (non-hydrogen) atoms. The second kappa shape index (κ2) is 6.24. The molecular weight excluding hydrogens is 359 g/mol. The van der Waals surface area contributed by atoms with Crippen molar-refractivity contribution in [1.29, 1.82) is 0 Å². The molecule has 1 atom stereocenters. The molecule has 0 bridgehead atoms. The molecule has 1 fully saturated rings. The van der Waals surface area contributed by atoms with Crippen LogP contribution in [0, 0.1) is 5.82 Å². The average Bonchev–Trinajstić information content (AvgIpc) is 3.27. The van der Waals surface area contributed by atoms with E-state index in [1.54, 1.807) is 17.0 Å². The summed E-state index contributed by atoms with van der Waals surface area (Å²) in [5, 5.41) is 0. The van der Waals surface area contributed by atoms with Gasteiger partial charge in [-0.2, -0.15) is 0 Å². The van der Waals surface area contributed by atoms with Crippen LogP contribution in [0.5, 0.6) is 0 Å². The van der Waals surface area contributed by atoms with E-state index in [1.165, 1.54) is 12.1 Å². The van der Waals surface area contributed by atoms with Gasteiger partial charge in [-0.25, -0.2) is 9.37 Å². The molecule has 1 amide bonds. The quantitative estimate of drug-likeness (QED) is 0.751. The van der Waals surface area contributed by atoms with Gasteiger partial charge >= 0.3 is 0 Å². The van der Waals surface area contributed by atoms with Crippen LogP contribution >= 0.6 is 0 Å². The zero-order valence-electron chi connectivity index (χ0n) is 15.9. The Labute approximate surface area is 162 Å². The number of aryl methyl sites for hydroxylation is 1. The summed E-state index contributed by atoms with van der Waals surface area (Å²) in [6.07, 6.45) is 3.13. The predicted octanol–water partition coefficient (Wildman–Crippen LogP) is 1.56. The number of amides is 1. The highest BCUT2D eigenvalue weighted by atomic mass is 19.1. The lowest BCUT2D eigenvalue weighted by molar-refractivity contribution is 0.0774. The first-order chi connectivity index (χ1) is 13.5. The zero-order valence-corrected chi connectivity index (χ0v) is 15.9. The van der Waals surface area contributed by atoms with Crippen molar-refractivity contribution in [2.45, 2.75) is 37.8 Å². The Hall–Kier alpha value is -2.54. The average molecular weight is 382 g/mol. The number of rotatable bonds is 1. The van der Waals surface area contributed by atoms with Gasteiger partial charge in [-0.3, -0.25) is 14.2 Å². The van der Waals surface area contributed by atoms with E-state index < -0.39 is 5.82 Å². The van der Waals surface area contributed by atoms with Gasteiger partial charge in [0.1, 0.15) is 11.6 Å². The fourth-order valence-electron chi connectivity index (χ4n) is 4.99. The van der Waals surface area contributed by atoms with Crippen LogP contribution in [0.4, 0.5) is 4.39 Å². The van der Waals surface area contributed by atoms with Gasteiger partial charge in [0.05, 0.1) is 16.8 Å². The fraction of sp³-hybridized carbons (Fsp3) is 0.476. The molecule has 4 heterocycles. The molecule has 6 nitrogen and oxygen atoms in total. The summed E-state index contributed by atoms with van der Waals surface area (Å²) in [6, 6.07) is 5.80. The Morgan fingerprint density at radius 2 is 2.07 bits per heavy atom. The second-order valence-electron chi connectivity index (χ2n) is 8.29. The molecule has 1 unspecified atom stereocenters. The van der Waals surface area contributed by atoms with Gasteiger partial charge in [-0.15, -0.1) is 0 Å². The molecule has 0 saturated carbocycles. The first-order valence-corrected chi connectivity index (χ1v) is 9.84. The summed E-state index contributed by atoms with van der Waals surface area (Å²) in [5.74, 6) is 0.263. The molecule has 1 aromatic heterocycles. The second-order valence-corrected chi connectivity index (χ2v) is 8.29. The number of carbonyl (C=O) groups excluding carboxylic acids is 1. The number of aromatic nitrogens is 2. The molecule has 0 aliphatic carbocycles. The lowest BCUT2D eigenvalue weighted by atomic mass is 9.95. The highest BCUT2D eigenvalue weighted by molar-refractivity contribution is 5.94. The summed E-state index contributed by atoms with van der Waals surface area (Å²) < 4.78 is 15.4. The van der Waals surface area contributed by atoms with Gasteiger partial charge in [0.15, 0.2) is 0 Å². The van der Waals surface area contributed by atoms with Crippen molar-refractivity contribution < 1.29 is 9.18 Å². The summed E-state index contributed by atoms with van der Waals surface area (Å²) in [4.78, 5) is 34.9. The Morgan fingerprint density at radius 3 is 2.89 bits per heavy atom. The highest BCUT2D eigenvalue weighted by Gasteiger charge is 2.47. The number of fused-ring (bicyclic) bond motifs is 3. The van der Waals surface area contributed by atoms with Gasteiger partial charge in [0.25, 0.3) is 11.5 Å². The van der Waals surface area contributed by atoms with E-state index in [0.717, 1.165) is 49.3 Å². The smallest absolute Gasteiger partial charge is 0.258 e.